The molecule has 2 heterocycles. The van der Waals surface area contributed by atoms with Gasteiger partial charge in [-0.2, -0.15) is 13.2 Å². The number of pyridine rings is 1. The third-order valence-electron chi connectivity index (χ3n) is 2.63. The minimum atomic E-state index is -4.39. The number of fused-ring (bicyclic) bond motifs is 1. The number of halogens is 3. The lowest BCUT2D eigenvalue weighted by atomic mass is 10.2. The first kappa shape index (κ1) is 12.1. The van der Waals surface area contributed by atoms with Crippen molar-refractivity contribution in [2.45, 2.75) is 6.18 Å². The van der Waals surface area contributed by atoms with Crippen molar-refractivity contribution in [1.29, 1.82) is 0 Å². The summed E-state index contributed by atoms with van der Waals surface area (Å²) in [6, 6.07) is 7.59. The number of hydrogen-bond donors (Lipinski definition) is 0. The molecule has 3 rings (SSSR count). The maximum atomic E-state index is 12.9. The summed E-state index contributed by atoms with van der Waals surface area (Å²) in [5.74, 6) is 0. The van der Waals surface area contributed by atoms with Crippen LogP contribution in [0.2, 0.25) is 0 Å². The molecular weight excluding hydrogens is 273 g/mol. The Labute approximate surface area is 110 Å². The smallest absolute Gasteiger partial charge is 0.264 e. The largest absolute Gasteiger partial charge is 0.418 e. The van der Waals surface area contributed by atoms with Gasteiger partial charge in [0.05, 0.1) is 15.8 Å². The fraction of sp³-hybridized carbons (Fsp3) is 0.0769. The van der Waals surface area contributed by atoms with Crippen molar-refractivity contribution >= 4 is 21.6 Å². The number of hydrogen-bond acceptors (Lipinski definition) is 3. The quantitative estimate of drug-likeness (QED) is 0.661. The predicted molar refractivity (Wildman–Crippen MR) is 67.9 cm³/mol. The molecule has 0 spiro atoms. The van der Waals surface area contributed by atoms with Crippen molar-refractivity contribution in [3.05, 3.63) is 48.3 Å². The van der Waals surface area contributed by atoms with E-state index in [-0.39, 0.29) is 5.52 Å². The molecule has 19 heavy (non-hydrogen) atoms. The van der Waals surface area contributed by atoms with Crippen molar-refractivity contribution in [2.75, 3.05) is 0 Å². The van der Waals surface area contributed by atoms with E-state index in [0.29, 0.717) is 9.71 Å². The Morgan fingerprint density at radius 3 is 2.58 bits per heavy atom. The van der Waals surface area contributed by atoms with E-state index in [1.54, 1.807) is 30.6 Å². The number of rotatable bonds is 1. The second-order valence-corrected chi connectivity index (χ2v) is 4.94. The second-order valence-electron chi connectivity index (χ2n) is 3.91. The molecule has 0 N–H and O–H groups in total. The summed E-state index contributed by atoms with van der Waals surface area (Å²) in [7, 11) is 0. The van der Waals surface area contributed by atoms with Crippen LogP contribution in [0.5, 0.6) is 0 Å². The lowest BCUT2D eigenvalue weighted by Crippen LogP contribution is -2.05. The van der Waals surface area contributed by atoms with Crippen LogP contribution in [0.25, 0.3) is 20.8 Å². The molecule has 2 nitrogen and oxygen atoms in total. The summed E-state index contributed by atoms with van der Waals surface area (Å²) in [6.45, 7) is 0. The predicted octanol–water partition coefficient (Wildman–Crippen LogP) is 4.38. The number of alkyl halides is 3. The average Bonchev–Trinajstić information content (AvgIpc) is 2.82. The molecule has 0 fully saturated rings. The van der Waals surface area contributed by atoms with Crippen molar-refractivity contribution < 1.29 is 13.2 Å². The molecule has 0 aliphatic heterocycles. The van der Waals surface area contributed by atoms with Crippen LogP contribution in [0.3, 0.4) is 0 Å². The van der Waals surface area contributed by atoms with E-state index in [2.05, 4.69) is 9.97 Å². The summed E-state index contributed by atoms with van der Waals surface area (Å²) in [6.07, 6.45) is -1.19. The van der Waals surface area contributed by atoms with E-state index in [9.17, 15) is 13.2 Å². The molecule has 0 aliphatic carbocycles. The van der Waals surface area contributed by atoms with Crippen molar-refractivity contribution in [3.63, 3.8) is 0 Å². The number of aromatic nitrogens is 2. The van der Waals surface area contributed by atoms with E-state index in [4.69, 9.17) is 0 Å². The Morgan fingerprint density at radius 2 is 1.89 bits per heavy atom. The Hall–Kier alpha value is -1.95. The first-order valence-corrected chi connectivity index (χ1v) is 6.24. The standard InChI is InChI=1S/C13H7F3N2S/c14-13(15,16)9-4-1-5-10-11(9)18-12(19-10)8-3-2-6-17-7-8/h1-7H. The highest BCUT2D eigenvalue weighted by Crippen LogP contribution is 2.38. The summed E-state index contributed by atoms with van der Waals surface area (Å²) < 4.78 is 39.2. The highest BCUT2D eigenvalue weighted by Gasteiger charge is 2.33. The lowest BCUT2D eigenvalue weighted by molar-refractivity contribution is -0.136. The molecule has 0 atom stereocenters. The zero-order chi connectivity index (χ0) is 13.5. The first-order chi connectivity index (χ1) is 9.05. The molecule has 2 aromatic heterocycles. The molecule has 0 amide bonds. The van der Waals surface area contributed by atoms with E-state index in [1.165, 1.54) is 17.4 Å². The van der Waals surface area contributed by atoms with E-state index in [0.717, 1.165) is 11.6 Å². The molecule has 1 aromatic carbocycles. The monoisotopic (exact) mass is 280 g/mol. The van der Waals surface area contributed by atoms with Crippen LogP contribution in [0.4, 0.5) is 13.2 Å². The fourth-order valence-electron chi connectivity index (χ4n) is 1.79. The van der Waals surface area contributed by atoms with Gasteiger partial charge in [0.2, 0.25) is 0 Å². The van der Waals surface area contributed by atoms with Crippen LogP contribution >= 0.6 is 11.3 Å². The van der Waals surface area contributed by atoms with Gasteiger partial charge < -0.3 is 0 Å². The van der Waals surface area contributed by atoms with Gasteiger partial charge in [-0.25, -0.2) is 4.98 Å². The van der Waals surface area contributed by atoms with E-state index < -0.39 is 11.7 Å². The summed E-state index contributed by atoms with van der Waals surface area (Å²) in [4.78, 5) is 8.05. The van der Waals surface area contributed by atoms with Crippen LogP contribution in [-0.2, 0) is 6.18 Å². The highest BCUT2D eigenvalue weighted by atomic mass is 32.1. The van der Waals surface area contributed by atoms with Gasteiger partial charge >= 0.3 is 6.18 Å². The van der Waals surface area contributed by atoms with Gasteiger partial charge in [0.15, 0.2) is 0 Å². The third-order valence-corrected chi connectivity index (χ3v) is 3.70. The Morgan fingerprint density at radius 1 is 1.05 bits per heavy atom. The average molecular weight is 280 g/mol. The Balaban J connectivity index is 2.22. The lowest BCUT2D eigenvalue weighted by Gasteiger charge is -2.06. The Bertz CT molecular complexity index is 720. The zero-order valence-electron chi connectivity index (χ0n) is 9.48. The molecule has 0 saturated carbocycles. The summed E-state index contributed by atoms with van der Waals surface area (Å²) in [5.41, 5.74) is 0.0204. The van der Waals surface area contributed by atoms with Crippen molar-refractivity contribution in [1.82, 2.24) is 9.97 Å². The number of nitrogens with zero attached hydrogens (tertiary/aromatic N) is 2. The van der Waals surface area contributed by atoms with Crippen LogP contribution in [0.1, 0.15) is 5.56 Å². The minimum absolute atomic E-state index is 0.00106. The maximum absolute atomic E-state index is 12.9. The van der Waals surface area contributed by atoms with Gasteiger partial charge in [-0.1, -0.05) is 6.07 Å². The van der Waals surface area contributed by atoms with Gasteiger partial charge in [0.25, 0.3) is 0 Å². The minimum Gasteiger partial charge on any atom is -0.264 e. The number of benzene rings is 1. The van der Waals surface area contributed by atoms with Gasteiger partial charge in [-0.05, 0) is 24.3 Å². The van der Waals surface area contributed by atoms with Crippen LogP contribution in [0.15, 0.2) is 42.7 Å². The molecule has 96 valence electrons. The van der Waals surface area contributed by atoms with Gasteiger partial charge in [0, 0.05) is 18.0 Å². The van der Waals surface area contributed by atoms with Gasteiger partial charge in [-0.15, -0.1) is 11.3 Å². The molecular formula is C13H7F3N2S. The molecule has 0 unspecified atom stereocenters. The van der Waals surface area contributed by atoms with E-state index in [1.807, 2.05) is 0 Å². The molecule has 3 aromatic rings. The molecule has 0 bridgehead atoms. The normalized spacial score (nSPS) is 11.9. The summed E-state index contributed by atoms with van der Waals surface area (Å²) >= 11 is 1.23. The number of para-hydroxylation sites is 1. The van der Waals surface area contributed by atoms with Crippen LogP contribution in [0, 0.1) is 0 Å². The van der Waals surface area contributed by atoms with Gasteiger partial charge in [-0.3, -0.25) is 4.98 Å². The van der Waals surface area contributed by atoms with Crippen LogP contribution in [-0.4, -0.2) is 9.97 Å². The fourth-order valence-corrected chi connectivity index (χ4v) is 2.77. The topological polar surface area (TPSA) is 25.8 Å². The van der Waals surface area contributed by atoms with Crippen molar-refractivity contribution in [2.24, 2.45) is 0 Å². The first-order valence-electron chi connectivity index (χ1n) is 5.43. The SMILES string of the molecule is FC(F)(F)c1cccc2sc(-c3cccnc3)nc12. The highest BCUT2D eigenvalue weighted by molar-refractivity contribution is 7.21. The zero-order valence-corrected chi connectivity index (χ0v) is 10.3. The molecule has 0 radical (unpaired) electrons. The van der Waals surface area contributed by atoms with Crippen molar-refractivity contribution in [3.8, 4) is 10.6 Å². The Kier molecular flexibility index (Phi) is 2.74. The van der Waals surface area contributed by atoms with E-state index >= 15 is 0 Å². The van der Waals surface area contributed by atoms with Gasteiger partial charge in [0.1, 0.15) is 5.01 Å². The molecule has 0 aliphatic rings. The second kappa shape index (κ2) is 4.31. The maximum Gasteiger partial charge on any atom is 0.418 e. The summed E-state index contributed by atoms with van der Waals surface area (Å²) in [5, 5.41) is 0.541. The third kappa shape index (κ3) is 2.19. The number of thiazole rings is 1. The van der Waals surface area contributed by atoms with Crippen LogP contribution < -0.4 is 0 Å². The molecule has 0 saturated heterocycles. The molecule has 6 heteroatoms.